The van der Waals surface area contributed by atoms with E-state index in [2.05, 4.69) is 195 Å². The molecule has 0 aromatic heterocycles. The number of benzene rings is 7. The molecule has 0 aliphatic heterocycles. The molecule has 0 aliphatic rings. The molecule has 0 bridgehead atoms. The maximum atomic E-state index is 6.13. The fourth-order valence-electron chi connectivity index (χ4n) is 6.79. The Balaban J connectivity index is 1.47. The molecule has 0 saturated heterocycles. The first kappa shape index (κ1) is 33.5. The molecule has 0 atom stereocenters. The molecule has 246 valence electrons. The second kappa shape index (κ2) is 15.3. The van der Waals surface area contributed by atoms with E-state index >= 15 is 0 Å². The number of methoxy groups -OCH3 is 2. The summed E-state index contributed by atoms with van der Waals surface area (Å²) in [6.45, 7) is 2.36. The third kappa shape index (κ3) is 6.63. The summed E-state index contributed by atoms with van der Waals surface area (Å²) >= 11 is 0. The van der Waals surface area contributed by atoms with Gasteiger partial charge in [0.15, 0.2) is 0 Å². The maximum Gasteiger partial charge on any atom is 0.127 e. The molecule has 0 spiro atoms. The van der Waals surface area contributed by atoms with E-state index in [1.807, 2.05) is 0 Å². The topological polar surface area (TPSA) is 18.5 Å². The van der Waals surface area contributed by atoms with E-state index in [0.29, 0.717) is 0 Å². The zero-order valence-corrected chi connectivity index (χ0v) is 30.4. The molecular formula is C46H40O2P2. The van der Waals surface area contributed by atoms with Gasteiger partial charge in [-0.25, -0.2) is 0 Å². The summed E-state index contributed by atoms with van der Waals surface area (Å²) in [4.78, 5) is 0. The van der Waals surface area contributed by atoms with Gasteiger partial charge in [0.05, 0.1) is 14.2 Å². The molecule has 0 saturated carbocycles. The molecule has 2 nitrogen and oxygen atoms in total. The van der Waals surface area contributed by atoms with Gasteiger partial charge in [0, 0.05) is 16.0 Å². The number of hydrogen-bond donors (Lipinski definition) is 0. The molecule has 0 heterocycles. The summed E-state index contributed by atoms with van der Waals surface area (Å²) in [6, 6.07) is 67.9. The highest BCUT2D eigenvalue weighted by molar-refractivity contribution is 7.80. The highest BCUT2D eigenvalue weighted by atomic mass is 31.1. The molecule has 0 radical (unpaired) electrons. The lowest BCUT2D eigenvalue weighted by Gasteiger charge is -2.34. The Bertz CT molecular complexity index is 1920. The largest absolute Gasteiger partial charge is 0.496 e. The van der Waals surface area contributed by atoms with Crippen molar-refractivity contribution in [1.29, 1.82) is 0 Å². The standard InChI is InChI=1S/C46H40O2P2/c1-46(35-19-9-4-10-20-35,36-29-31-42(47-2)44(33-36)49(38-21-11-5-12-22-38)39-23-13-6-14-24-39)37-30-32-43(48-3)45(34-37)50(40-25-15-7-16-26-40)41-27-17-8-18-28-41/h4-34H,1-3H3. The summed E-state index contributed by atoms with van der Waals surface area (Å²) in [5.74, 6) is 1.80. The van der Waals surface area contributed by atoms with Gasteiger partial charge in [-0.05, 0) is 84.9 Å². The van der Waals surface area contributed by atoms with Crippen molar-refractivity contribution in [2.24, 2.45) is 0 Å². The summed E-state index contributed by atoms with van der Waals surface area (Å²) in [6.07, 6.45) is 0. The van der Waals surface area contributed by atoms with Crippen LogP contribution in [0, 0.1) is 0 Å². The van der Waals surface area contributed by atoms with Gasteiger partial charge in [0.25, 0.3) is 0 Å². The fraction of sp³-hybridized carbons (Fsp3) is 0.0870. The molecule has 0 amide bonds. The van der Waals surface area contributed by atoms with Gasteiger partial charge in [-0.3, -0.25) is 0 Å². The Labute approximate surface area is 298 Å². The molecule has 7 aromatic rings. The Morgan fingerprint density at radius 3 is 0.960 bits per heavy atom. The van der Waals surface area contributed by atoms with Crippen molar-refractivity contribution < 1.29 is 9.47 Å². The SMILES string of the molecule is COc1ccc(C(C)(c2ccccc2)c2ccc(OC)c(P(c3ccccc3)c3ccccc3)c2)cc1P(c1ccccc1)c1ccccc1. The van der Waals surface area contributed by atoms with E-state index in [4.69, 9.17) is 9.47 Å². The molecule has 0 aliphatic carbocycles. The number of rotatable bonds is 11. The van der Waals surface area contributed by atoms with Crippen LogP contribution in [0.5, 0.6) is 11.5 Å². The van der Waals surface area contributed by atoms with Crippen LogP contribution >= 0.6 is 15.8 Å². The quantitative estimate of drug-likeness (QED) is 0.100. The summed E-state index contributed by atoms with van der Waals surface area (Å²) < 4.78 is 12.3. The average Bonchev–Trinajstić information content (AvgIpc) is 3.20. The van der Waals surface area contributed by atoms with E-state index in [0.717, 1.165) is 11.5 Å². The molecule has 0 N–H and O–H groups in total. The van der Waals surface area contributed by atoms with E-state index in [-0.39, 0.29) is 0 Å². The molecule has 0 fully saturated rings. The Morgan fingerprint density at radius 1 is 0.360 bits per heavy atom. The Hall–Kier alpha value is -5.00. The molecule has 4 heteroatoms. The van der Waals surface area contributed by atoms with Gasteiger partial charge in [-0.1, -0.05) is 164 Å². The highest BCUT2D eigenvalue weighted by Gasteiger charge is 2.35. The highest BCUT2D eigenvalue weighted by Crippen LogP contribution is 2.45. The molecule has 50 heavy (non-hydrogen) atoms. The van der Waals surface area contributed by atoms with Crippen LogP contribution in [0.3, 0.4) is 0 Å². The van der Waals surface area contributed by atoms with Crippen LogP contribution < -0.4 is 41.3 Å². The van der Waals surface area contributed by atoms with Gasteiger partial charge in [0.2, 0.25) is 0 Å². The lowest BCUT2D eigenvalue weighted by molar-refractivity contribution is 0.417. The Morgan fingerprint density at radius 2 is 0.660 bits per heavy atom. The summed E-state index contributed by atoms with van der Waals surface area (Å²) in [5, 5.41) is 7.54. The van der Waals surface area contributed by atoms with Crippen LogP contribution in [0.1, 0.15) is 23.6 Å². The monoisotopic (exact) mass is 686 g/mol. The first-order valence-corrected chi connectivity index (χ1v) is 19.5. The first-order valence-electron chi connectivity index (χ1n) is 16.8. The predicted octanol–water partition coefficient (Wildman–Crippen LogP) is 8.57. The predicted molar refractivity (Wildman–Crippen MR) is 215 cm³/mol. The fourth-order valence-corrected chi connectivity index (χ4v) is 11.7. The van der Waals surface area contributed by atoms with Crippen LogP contribution in [0.4, 0.5) is 0 Å². The Kier molecular flexibility index (Phi) is 10.2. The second-order valence-electron chi connectivity index (χ2n) is 12.3. The average molecular weight is 687 g/mol. The van der Waals surface area contributed by atoms with Gasteiger partial charge in [-0.15, -0.1) is 0 Å². The minimum atomic E-state index is -0.900. The lowest BCUT2D eigenvalue weighted by Crippen LogP contribution is -2.30. The van der Waals surface area contributed by atoms with Crippen LogP contribution in [0.25, 0.3) is 0 Å². The first-order chi connectivity index (χ1) is 24.6. The number of hydrogen-bond acceptors (Lipinski definition) is 2. The van der Waals surface area contributed by atoms with E-state index in [1.165, 1.54) is 48.5 Å². The van der Waals surface area contributed by atoms with Crippen LogP contribution in [-0.2, 0) is 5.41 Å². The van der Waals surface area contributed by atoms with E-state index < -0.39 is 21.3 Å². The molecule has 7 rings (SSSR count). The minimum absolute atomic E-state index is 0.494. The third-order valence-corrected chi connectivity index (χ3v) is 14.3. The lowest BCUT2D eigenvalue weighted by atomic mass is 9.71. The van der Waals surface area contributed by atoms with Gasteiger partial charge < -0.3 is 9.47 Å². The van der Waals surface area contributed by atoms with Gasteiger partial charge in [0.1, 0.15) is 11.5 Å². The third-order valence-electron chi connectivity index (χ3n) is 9.40. The van der Waals surface area contributed by atoms with E-state index in [9.17, 15) is 0 Å². The molecule has 7 aromatic carbocycles. The van der Waals surface area contributed by atoms with Crippen molar-refractivity contribution in [3.05, 3.63) is 205 Å². The molecular weight excluding hydrogens is 646 g/mol. The van der Waals surface area contributed by atoms with Crippen molar-refractivity contribution in [2.75, 3.05) is 14.2 Å². The van der Waals surface area contributed by atoms with Crippen molar-refractivity contribution in [1.82, 2.24) is 0 Å². The van der Waals surface area contributed by atoms with Gasteiger partial charge in [-0.2, -0.15) is 0 Å². The van der Waals surface area contributed by atoms with Crippen LogP contribution in [0.15, 0.2) is 188 Å². The summed E-state index contributed by atoms with van der Waals surface area (Å²) in [5.41, 5.74) is 3.14. The van der Waals surface area contributed by atoms with Crippen molar-refractivity contribution in [2.45, 2.75) is 12.3 Å². The van der Waals surface area contributed by atoms with Crippen molar-refractivity contribution in [3.63, 3.8) is 0 Å². The number of ether oxygens (including phenoxy) is 2. The van der Waals surface area contributed by atoms with Crippen molar-refractivity contribution in [3.8, 4) is 11.5 Å². The smallest absolute Gasteiger partial charge is 0.127 e. The normalized spacial score (nSPS) is 11.5. The van der Waals surface area contributed by atoms with E-state index in [1.54, 1.807) is 14.2 Å². The van der Waals surface area contributed by atoms with Crippen molar-refractivity contribution >= 4 is 47.7 Å². The van der Waals surface area contributed by atoms with Gasteiger partial charge >= 0.3 is 0 Å². The second-order valence-corrected chi connectivity index (χ2v) is 16.6. The minimum Gasteiger partial charge on any atom is -0.496 e. The van der Waals surface area contributed by atoms with Crippen LogP contribution in [-0.4, -0.2) is 14.2 Å². The zero-order valence-electron chi connectivity index (χ0n) is 28.6. The zero-order chi connectivity index (χ0) is 34.3. The molecule has 0 unspecified atom stereocenters. The summed E-state index contributed by atoms with van der Waals surface area (Å²) in [7, 11) is 1.76. The maximum absolute atomic E-state index is 6.13. The van der Waals surface area contributed by atoms with Crippen LogP contribution in [0.2, 0.25) is 0 Å².